The zero-order valence-electron chi connectivity index (χ0n) is 7.28. The lowest BCUT2D eigenvalue weighted by Gasteiger charge is -1.90. The first-order valence-corrected chi connectivity index (χ1v) is 4.89. The van der Waals surface area contributed by atoms with E-state index < -0.39 is 0 Å². The fourth-order valence-corrected chi connectivity index (χ4v) is 1.90. The number of hydrogen-bond donors (Lipinski definition) is 1. The molecule has 0 aromatic carbocycles. The van der Waals surface area contributed by atoms with E-state index >= 15 is 0 Å². The summed E-state index contributed by atoms with van der Waals surface area (Å²) in [6.07, 6.45) is 3.37. The Morgan fingerprint density at radius 2 is 2.54 bits per heavy atom. The summed E-state index contributed by atoms with van der Waals surface area (Å²) in [6, 6.07) is 1.91. The lowest BCUT2D eigenvalue weighted by molar-refractivity contribution is 0.568. The normalized spacial score (nSPS) is 10.5. The molecule has 0 fully saturated rings. The average molecular weight is 194 g/mol. The van der Waals surface area contributed by atoms with Gasteiger partial charge in [-0.2, -0.15) is 0 Å². The minimum atomic E-state index is 0.822. The van der Waals surface area contributed by atoms with E-state index in [1.807, 2.05) is 18.5 Å². The second-order valence-corrected chi connectivity index (χ2v) is 3.61. The molecule has 0 aliphatic heterocycles. The van der Waals surface area contributed by atoms with E-state index in [4.69, 9.17) is 4.42 Å². The van der Waals surface area contributed by atoms with Crippen LogP contribution in [0.25, 0.3) is 11.3 Å². The van der Waals surface area contributed by atoms with Crippen LogP contribution in [0.1, 0.15) is 5.01 Å². The Bertz CT molecular complexity index is 367. The highest BCUT2D eigenvalue weighted by atomic mass is 32.1. The second kappa shape index (κ2) is 3.72. The third-order valence-electron chi connectivity index (χ3n) is 1.70. The maximum Gasteiger partial charge on any atom is 0.107 e. The Labute approximate surface area is 80.4 Å². The van der Waals surface area contributed by atoms with E-state index in [9.17, 15) is 0 Å². The molecular formula is C9H10N2OS. The molecule has 4 heteroatoms. The number of thiazole rings is 1. The van der Waals surface area contributed by atoms with Crippen molar-refractivity contribution in [3.63, 3.8) is 0 Å². The quantitative estimate of drug-likeness (QED) is 0.813. The average Bonchev–Trinajstić information content (AvgIpc) is 2.70. The molecule has 1 N–H and O–H groups in total. The molecule has 0 aliphatic carbocycles. The zero-order chi connectivity index (χ0) is 9.10. The van der Waals surface area contributed by atoms with E-state index in [1.54, 1.807) is 23.9 Å². The van der Waals surface area contributed by atoms with Crippen LogP contribution in [0.3, 0.4) is 0 Å². The minimum Gasteiger partial charge on any atom is -0.472 e. The van der Waals surface area contributed by atoms with Crippen molar-refractivity contribution in [1.29, 1.82) is 0 Å². The highest BCUT2D eigenvalue weighted by Gasteiger charge is 2.04. The summed E-state index contributed by atoms with van der Waals surface area (Å²) in [5.74, 6) is 0. The molecule has 13 heavy (non-hydrogen) atoms. The SMILES string of the molecule is CNCc1nc(-c2ccoc2)cs1. The Morgan fingerprint density at radius 3 is 3.23 bits per heavy atom. The van der Waals surface area contributed by atoms with Gasteiger partial charge in [0.15, 0.2) is 0 Å². The summed E-state index contributed by atoms with van der Waals surface area (Å²) >= 11 is 1.66. The highest BCUT2D eigenvalue weighted by molar-refractivity contribution is 7.09. The van der Waals surface area contributed by atoms with Crippen LogP contribution in [0.2, 0.25) is 0 Å². The Kier molecular flexibility index (Phi) is 2.42. The van der Waals surface area contributed by atoms with Gasteiger partial charge >= 0.3 is 0 Å². The van der Waals surface area contributed by atoms with Crippen LogP contribution in [0.15, 0.2) is 28.4 Å². The van der Waals surface area contributed by atoms with Crippen molar-refractivity contribution in [2.24, 2.45) is 0 Å². The summed E-state index contributed by atoms with van der Waals surface area (Å²) in [7, 11) is 1.92. The number of aromatic nitrogens is 1. The van der Waals surface area contributed by atoms with Gasteiger partial charge in [-0.3, -0.25) is 0 Å². The number of nitrogens with zero attached hydrogens (tertiary/aromatic N) is 1. The van der Waals surface area contributed by atoms with Gasteiger partial charge in [0, 0.05) is 17.5 Å². The third-order valence-corrected chi connectivity index (χ3v) is 2.55. The topological polar surface area (TPSA) is 38.1 Å². The largest absolute Gasteiger partial charge is 0.472 e. The Hall–Kier alpha value is -1.13. The van der Waals surface area contributed by atoms with Gasteiger partial charge in [-0.25, -0.2) is 4.98 Å². The molecule has 0 radical (unpaired) electrons. The van der Waals surface area contributed by atoms with Crippen molar-refractivity contribution < 1.29 is 4.42 Å². The smallest absolute Gasteiger partial charge is 0.107 e. The molecule has 0 bridgehead atoms. The first-order chi connectivity index (χ1) is 6.40. The monoisotopic (exact) mass is 194 g/mol. The van der Waals surface area contributed by atoms with Crippen LogP contribution in [-0.4, -0.2) is 12.0 Å². The number of furan rings is 1. The standard InChI is InChI=1S/C9H10N2OS/c1-10-4-9-11-8(6-13-9)7-2-3-12-5-7/h2-3,5-6,10H,4H2,1H3. The maximum atomic E-state index is 4.99. The predicted molar refractivity (Wildman–Crippen MR) is 52.6 cm³/mol. The molecule has 2 rings (SSSR count). The van der Waals surface area contributed by atoms with Crippen LogP contribution < -0.4 is 5.32 Å². The molecule has 2 heterocycles. The van der Waals surface area contributed by atoms with Gasteiger partial charge in [0.05, 0.1) is 18.2 Å². The molecule has 68 valence electrons. The van der Waals surface area contributed by atoms with Crippen LogP contribution in [-0.2, 0) is 6.54 Å². The molecule has 3 nitrogen and oxygen atoms in total. The van der Waals surface area contributed by atoms with Crippen molar-refractivity contribution in [3.05, 3.63) is 29.0 Å². The number of hydrogen-bond acceptors (Lipinski definition) is 4. The van der Waals surface area contributed by atoms with Crippen LogP contribution in [0, 0.1) is 0 Å². The summed E-state index contributed by atoms with van der Waals surface area (Å²) in [6.45, 7) is 0.822. The molecular weight excluding hydrogens is 184 g/mol. The number of rotatable bonds is 3. The van der Waals surface area contributed by atoms with E-state index in [-0.39, 0.29) is 0 Å². The fraction of sp³-hybridized carbons (Fsp3) is 0.222. The van der Waals surface area contributed by atoms with Gasteiger partial charge in [0.25, 0.3) is 0 Å². The summed E-state index contributed by atoms with van der Waals surface area (Å²) in [4.78, 5) is 4.44. The first-order valence-electron chi connectivity index (χ1n) is 4.01. The van der Waals surface area contributed by atoms with Crippen LogP contribution in [0.5, 0.6) is 0 Å². The second-order valence-electron chi connectivity index (χ2n) is 2.67. The molecule has 2 aromatic rings. The van der Waals surface area contributed by atoms with E-state index in [2.05, 4.69) is 10.3 Å². The van der Waals surface area contributed by atoms with Crippen molar-refractivity contribution in [3.8, 4) is 11.3 Å². The molecule has 0 atom stereocenters. The Morgan fingerprint density at radius 1 is 1.62 bits per heavy atom. The van der Waals surface area contributed by atoms with Crippen molar-refractivity contribution in [1.82, 2.24) is 10.3 Å². The Balaban J connectivity index is 2.23. The van der Waals surface area contributed by atoms with Crippen LogP contribution >= 0.6 is 11.3 Å². The zero-order valence-corrected chi connectivity index (χ0v) is 8.10. The van der Waals surface area contributed by atoms with Crippen molar-refractivity contribution in [2.45, 2.75) is 6.54 Å². The molecule has 0 aliphatic rings. The van der Waals surface area contributed by atoms with Gasteiger partial charge in [-0.05, 0) is 13.1 Å². The predicted octanol–water partition coefficient (Wildman–Crippen LogP) is 2.12. The van der Waals surface area contributed by atoms with Gasteiger partial charge in [-0.1, -0.05) is 0 Å². The van der Waals surface area contributed by atoms with Crippen LogP contribution in [0.4, 0.5) is 0 Å². The highest BCUT2D eigenvalue weighted by Crippen LogP contribution is 2.21. The van der Waals surface area contributed by atoms with Gasteiger partial charge in [-0.15, -0.1) is 11.3 Å². The molecule has 2 aromatic heterocycles. The molecule has 0 saturated heterocycles. The minimum absolute atomic E-state index is 0.822. The fourth-order valence-electron chi connectivity index (χ4n) is 1.09. The summed E-state index contributed by atoms with van der Waals surface area (Å²) in [5.41, 5.74) is 2.03. The van der Waals surface area contributed by atoms with Gasteiger partial charge in [0.1, 0.15) is 5.01 Å². The lowest BCUT2D eigenvalue weighted by atomic mass is 10.3. The molecule has 0 amide bonds. The lowest BCUT2D eigenvalue weighted by Crippen LogP contribution is -2.04. The summed E-state index contributed by atoms with van der Waals surface area (Å²) in [5, 5.41) is 6.20. The van der Waals surface area contributed by atoms with Crippen molar-refractivity contribution in [2.75, 3.05) is 7.05 Å². The van der Waals surface area contributed by atoms with Crippen molar-refractivity contribution >= 4 is 11.3 Å². The van der Waals surface area contributed by atoms with Gasteiger partial charge in [0.2, 0.25) is 0 Å². The molecule has 0 saturated carbocycles. The number of nitrogens with one attached hydrogen (secondary N) is 1. The molecule has 0 spiro atoms. The third kappa shape index (κ3) is 1.79. The maximum absolute atomic E-state index is 4.99. The molecule has 0 unspecified atom stereocenters. The van der Waals surface area contributed by atoms with Gasteiger partial charge < -0.3 is 9.73 Å². The van der Waals surface area contributed by atoms with E-state index in [0.29, 0.717) is 0 Å². The van der Waals surface area contributed by atoms with E-state index in [0.717, 1.165) is 22.8 Å². The van der Waals surface area contributed by atoms with E-state index in [1.165, 1.54) is 0 Å². The first kappa shape index (κ1) is 8.47. The summed E-state index contributed by atoms with van der Waals surface area (Å²) < 4.78 is 4.99.